The van der Waals surface area contributed by atoms with E-state index >= 15 is 0 Å². The summed E-state index contributed by atoms with van der Waals surface area (Å²) in [4.78, 5) is 25.3. The number of methoxy groups -OCH3 is 2. The van der Waals surface area contributed by atoms with Crippen molar-refractivity contribution in [1.29, 1.82) is 5.26 Å². The number of aromatic nitrogens is 5. The number of aromatic amines is 1. The Morgan fingerprint density at radius 1 is 1.21 bits per heavy atom. The van der Waals surface area contributed by atoms with E-state index in [1.165, 1.54) is 20.3 Å². The van der Waals surface area contributed by atoms with Crippen LogP contribution in [0, 0.1) is 11.3 Å². The normalized spacial score (nSPS) is 11.2. The van der Waals surface area contributed by atoms with Crippen LogP contribution in [0.2, 0.25) is 0 Å². The molecule has 5 aromatic rings. The molecule has 0 aliphatic rings. The summed E-state index contributed by atoms with van der Waals surface area (Å²) >= 11 is 0. The Morgan fingerprint density at radius 2 is 2.00 bits per heavy atom. The summed E-state index contributed by atoms with van der Waals surface area (Å²) in [6.45, 7) is 0.0542. The molecule has 11 nitrogen and oxygen atoms in total. The highest BCUT2D eigenvalue weighted by atomic mass is 16.5. The van der Waals surface area contributed by atoms with Crippen molar-refractivity contribution < 1.29 is 13.9 Å². The monoisotopic (exact) mass is 443 g/mol. The van der Waals surface area contributed by atoms with Crippen molar-refractivity contribution in [2.24, 2.45) is 0 Å². The van der Waals surface area contributed by atoms with Gasteiger partial charge in [-0.15, -0.1) is 0 Å². The second-order valence-electron chi connectivity index (χ2n) is 7.10. The summed E-state index contributed by atoms with van der Waals surface area (Å²) in [5, 5.41) is 13.9. The molecule has 0 saturated carbocycles. The van der Waals surface area contributed by atoms with Gasteiger partial charge in [-0.05, 0) is 5.56 Å². The number of nitrogens with zero attached hydrogens (tertiary/aromatic N) is 5. The van der Waals surface area contributed by atoms with Crippen molar-refractivity contribution in [1.82, 2.24) is 24.6 Å². The molecule has 11 heteroatoms. The van der Waals surface area contributed by atoms with Gasteiger partial charge in [0.15, 0.2) is 16.8 Å². The number of hydrogen-bond acceptors (Lipinski definition) is 9. The molecule has 0 spiro atoms. The third kappa shape index (κ3) is 3.17. The number of nitrogens with two attached hydrogens (primary N) is 1. The van der Waals surface area contributed by atoms with E-state index in [4.69, 9.17) is 19.6 Å². The van der Waals surface area contributed by atoms with Gasteiger partial charge in [0.2, 0.25) is 11.8 Å². The van der Waals surface area contributed by atoms with E-state index < -0.39 is 5.56 Å². The van der Waals surface area contributed by atoms with Gasteiger partial charge in [0.1, 0.15) is 23.1 Å². The molecule has 0 atom stereocenters. The van der Waals surface area contributed by atoms with Crippen LogP contribution in [0.15, 0.2) is 45.6 Å². The Labute approximate surface area is 186 Å². The van der Waals surface area contributed by atoms with Crippen LogP contribution in [0.4, 0.5) is 5.82 Å². The number of oxazole rings is 1. The largest absolute Gasteiger partial charge is 0.479 e. The molecule has 5 rings (SSSR count). The van der Waals surface area contributed by atoms with Crippen molar-refractivity contribution >= 4 is 22.6 Å². The van der Waals surface area contributed by atoms with Crippen LogP contribution in [0.25, 0.3) is 39.3 Å². The standard InChI is InChI=1S/C22H17N7O4/c1-31-10-13-17(20-27-18-14(33-20)8-15(24)26-21(18)32-2)22(30)29-19(25-13)16(12(9-23)28-29)11-6-4-3-5-7-11/h3-8,25H,10H2,1-2H3,(H2,24,26). The van der Waals surface area contributed by atoms with E-state index in [0.29, 0.717) is 28.0 Å². The molecule has 4 aromatic heterocycles. The van der Waals surface area contributed by atoms with E-state index in [0.717, 1.165) is 10.1 Å². The fourth-order valence-corrected chi connectivity index (χ4v) is 3.72. The highest BCUT2D eigenvalue weighted by Gasteiger charge is 2.25. The molecule has 3 N–H and O–H groups in total. The predicted octanol–water partition coefficient (Wildman–Crippen LogP) is 2.50. The van der Waals surface area contributed by atoms with E-state index in [2.05, 4.69) is 26.1 Å². The maximum atomic E-state index is 13.6. The third-order valence-corrected chi connectivity index (χ3v) is 5.09. The topological polar surface area (TPSA) is 157 Å². The molecule has 0 amide bonds. The quantitative estimate of drug-likeness (QED) is 0.416. The number of nitrogens with one attached hydrogen (secondary N) is 1. The highest BCUT2D eigenvalue weighted by Crippen LogP contribution is 2.32. The van der Waals surface area contributed by atoms with E-state index in [9.17, 15) is 10.1 Å². The van der Waals surface area contributed by atoms with Crippen molar-refractivity contribution in [2.75, 3.05) is 20.0 Å². The van der Waals surface area contributed by atoms with E-state index in [-0.39, 0.29) is 35.5 Å². The molecular weight excluding hydrogens is 426 g/mol. The number of rotatable bonds is 5. The Bertz CT molecular complexity index is 1610. The predicted molar refractivity (Wildman–Crippen MR) is 118 cm³/mol. The summed E-state index contributed by atoms with van der Waals surface area (Å²) in [5.41, 5.74) is 8.12. The molecule has 0 saturated heterocycles. The molecule has 0 bridgehead atoms. The maximum Gasteiger partial charge on any atom is 0.287 e. The zero-order valence-electron chi connectivity index (χ0n) is 17.6. The molecule has 0 fully saturated rings. The number of pyridine rings is 1. The molecule has 0 radical (unpaired) electrons. The number of anilines is 1. The fraction of sp³-hybridized carbons (Fsp3) is 0.136. The lowest BCUT2D eigenvalue weighted by Crippen LogP contribution is -2.20. The van der Waals surface area contributed by atoms with Crippen LogP contribution in [0.1, 0.15) is 11.4 Å². The Morgan fingerprint density at radius 3 is 2.70 bits per heavy atom. The van der Waals surface area contributed by atoms with Crippen LogP contribution in [-0.4, -0.2) is 38.8 Å². The van der Waals surface area contributed by atoms with Crippen LogP contribution >= 0.6 is 0 Å². The second-order valence-corrected chi connectivity index (χ2v) is 7.10. The van der Waals surface area contributed by atoms with E-state index in [1.54, 1.807) is 0 Å². The lowest BCUT2D eigenvalue weighted by atomic mass is 10.1. The molecule has 1 aromatic carbocycles. The molecule has 0 aliphatic carbocycles. The first-order chi connectivity index (χ1) is 16.0. The minimum absolute atomic E-state index is 0.0150. The first kappa shape index (κ1) is 20.2. The van der Waals surface area contributed by atoms with Crippen molar-refractivity contribution in [3.63, 3.8) is 0 Å². The van der Waals surface area contributed by atoms with Crippen LogP contribution in [-0.2, 0) is 11.3 Å². The zero-order chi connectivity index (χ0) is 23.1. The first-order valence-electron chi connectivity index (χ1n) is 9.79. The molecule has 0 aliphatic heterocycles. The minimum Gasteiger partial charge on any atom is -0.479 e. The summed E-state index contributed by atoms with van der Waals surface area (Å²) in [6.07, 6.45) is 0. The van der Waals surface area contributed by atoms with Crippen molar-refractivity contribution in [3.05, 3.63) is 58.1 Å². The number of ether oxygens (including phenoxy) is 2. The lowest BCUT2D eigenvalue weighted by molar-refractivity contribution is 0.182. The summed E-state index contributed by atoms with van der Waals surface area (Å²) in [6, 6.07) is 12.8. The Hall–Kier alpha value is -4.69. The molecule has 33 heavy (non-hydrogen) atoms. The molecule has 164 valence electrons. The Balaban J connectivity index is 1.83. The SMILES string of the molecule is COCc1[nH]c2c(-c3ccccc3)c(C#N)nn2c(=O)c1-c1nc2c(OC)nc(N)cc2o1. The average Bonchev–Trinajstić information content (AvgIpc) is 3.40. The summed E-state index contributed by atoms with van der Waals surface area (Å²) in [5.74, 6) is 0.367. The number of nitrogen functional groups attached to an aromatic ring is 1. The number of benzene rings is 1. The Kier molecular flexibility index (Phi) is 4.77. The van der Waals surface area contributed by atoms with Gasteiger partial charge in [0, 0.05) is 13.2 Å². The number of nitriles is 1. The third-order valence-electron chi connectivity index (χ3n) is 5.09. The molecule has 0 unspecified atom stereocenters. The smallest absolute Gasteiger partial charge is 0.287 e. The molecule has 4 heterocycles. The van der Waals surface area contributed by atoms with Gasteiger partial charge in [-0.25, -0.2) is 4.98 Å². The number of hydrogen-bond donors (Lipinski definition) is 2. The van der Waals surface area contributed by atoms with Crippen LogP contribution < -0.4 is 16.0 Å². The first-order valence-corrected chi connectivity index (χ1v) is 9.79. The van der Waals surface area contributed by atoms with Gasteiger partial charge < -0.3 is 24.6 Å². The average molecular weight is 443 g/mol. The van der Waals surface area contributed by atoms with Gasteiger partial charge in [0.05, 0.1) is 25.0 Å². The van der Waals surface area contributed by atoms with Crippen LogP contribution in [0.5, 0.6) is 5.88 Å². The lowest BCUT2D eigenvalue weighted by Gasteiger charge is -2.08. The second kappa shape index (κ2) is 7.77. The van der Waals surface area contributed by atoms with Gasteiger partial charge in [-0.3, -0.25) is 4.79 Å². The minimum atomic E-state index is -0.527. The van der Waals surface area contributed by atoms with Gasteiger partial charge in [-0.1, -0.05) is 30.3 Å². The van der Waals surface area contributed by atoms with Crippen LogP contribution in [0.3, 0.4) is 0 Å². The van der Waals surface area contributed by atoms with E-state index in [1.807, 2.05) is 30.3 Å². The molecular formula is C22H17N7O4. The van der Waals surface area contributed by atoms with Crippen molar-refractivity contribution in [3.8, 4) is 34.5 Å². The van der Waals surface area contributed by atoms with Gasteiger partial charge in [0.25, 0.3) is 5.56 Å². The number of H-pyrrole nitrogens is 1. The summed E-state index contributed by atoms with van der Waals surface area (Å²) in [7, 11) is 2.93. The maximum absolute atomic E-state index is 13.6. The number of fused-ring (bicyclic) bond motifs is 2. The van der Waals surface area contributed by atoms with Gasteiger partial charge >= 0.3 is 0 Å². The highest BCUT2D eigenvalue weighted by molar-refractivity contribution is 5.85. The summed E-state index contributed by atoms with van der Waals surface area (Å²) < 4.78 is 17.5. The van der Waals surface area contributed by atoms with Gasteiger partial charge in [-0.2, -0.15) is 19.9 Å². The fourth-order valence-electron chi connectivity index (χ4n) is 3.72. The zero-order valence-corrected chi connectivity index (χ0v) is 17.6. The van der Waals surface area contributed by atoms with Crippen molar-refractivity contribution in [2.45, 2.75) is 6.61 Å².